The van der Waals surface area contributed by atoms with Gasteiger partial charge in [-0.1, -0.05) is 44.5 Å². The van der Waals surface area contributed by atoms with Crippen LogP contribution in [-0.4, -0.2) is 6.04 Å². The van der Waals surface area contributed by atoms with Gasteiger partial charge in [-0.25, -0.2) is 0 Å². The predicted octanol–water partition coefficient (Wildman–Crippen LogP) is 4.57. The molecule has 0 amide bonds. The van der Waals surface area contributed by atoms with Crippen molar-refractivity contribution in [1.29, 1.82) is 0 Å². The Morgan fingerprint density at radius 3 is 2.43 bits per heavy atom. The summed E-state index contributed by atoms with van der Waals surface area (Å²) in [5.74, 6) is 7.35. The molecule has 0 heterocycles. The van der Waals surface area contributed by atoms with Gasteiger partial charge in [0, 0.05) is 11.1 Å². The first kappa shape index (κ1) is 16.8. The van der Waals surface area contributed by atoms with Gasteiger partial charge in [0.25, 0.3) is 0 Å². The van der Waals surface area contributed by atoms with Crippen LogP contribution in [0.5, 0.6) is 0 Å². The minimum atomic E-state index is 0.351. The van der Waals surface area contributed by atoms with Crippen LogP contribution in [0.3, 0.4) is 0 Å². The van der Waals surface area contributed by atoms with Gasteiger partial charge < -0.3 is 0 Å². The third-order valence-corrected chi connectivity index (χ3v) is 5.36. The summed E-state index contributed by atoms with van der Waals surface area (Å²) in [5.41, 5.74) is 4.75. The molecule has 0 aromatic heterocycles. The van der Waals surface area contributed by atoms with E-state index in [-0.39, 0.29) is 0 Å². The maximum atomic E-state index is 6.07. The Balaban J connectivity index is 1.94. The zero-order valence-corrected chi connectivity index (χ0v) is 14.3. The Morgan fingerprint density at radius 2 is 1.90 bits per heavy atom. The van der Waals surface area contributed by atoms with Crippen LogP contribution in [0.25, 0.3) is 0 Å². The minimum absolute atomic E-state index is 0.351. The molecule has 118 valence electrons. The molecule has 1 atom stereocenters. The summed E-state index contributed by atoms with van der Waals surface area (Å²) in [6, 6.07) is 8.47. The lowest BCUT2D eigenvalue weighted by atomic mass is 9.68. The van der Waals surface area contributed by atoms with Gasteiger partial charge in [0.05, 0.1) is 0 Å². The monoisotopic (exact) mass is 308 g/mol. The summed E-state index contributed by atoms with van der Waals surface area (Å²) in [6.07, 6.45) is 6.15. The Bertz CT molecular complexity index is 445. The van der Waals surface area contributed by atoms with Gasteiger partial charge in [-0.15, -0.1) is 0 Å². The molecule has 1 aliphatic carbocycles. The summed E-state index contributed by atoms with van der Waals surface area (Å²) in [7, 11) is 0. The quantitative estimate of drug-likeness (QED) is 0.632. The van der Waals surface area contributed by atoms with E-state index >= 15 is 0 Å². The topological polar surface area (TPSA) is 38.0 Å². The molecule has 1 aromatic rings. The van der Waals surface area contributed by atoms with Crippen molar-refractivity contribution in [1.82, 2.24) is 5.43 Å². The highest BCUT2D eigenvalue weighted by Crippen LogP contribution is 2.41. The zero-order chi connectivity index (χ0) is 15.5. The first-order valence-electron chi connectivity index (χ1n) is 8.10. The van der Waals surface area contributed by atoms with Crippen LogP contribution in [-0.2, 0) is 6.42 Å². The smallest absolute Gasteiger partial charge is 0.0408 e. The third-order valence-electron chi connectivity index (χ3n) is 5.12. The van der Waals surface area contributed by atoms with Crippen molar-refractivity contribution in [3.63, 3.8) is 0 Å². The molecule has 0 bridgehead atoms. The number of hydrogen-bond acceptors (Lipinski definition) is 2. The van der Waals surface area contributed by atoms with Crippen molar-refractivity contribution >= 4 is 11.6 Å². The van der Waals surface area contributed by atoms with Crippen LogP contribution >= 0.6 is 11.6 Å². The fourth-order valence-electron chi connectivity index (χ4n) is 3.67. The summed E-state index contributed by atoms with van der Waals surface area (Å²) < 4.78 is 0. The van der Waals surface area contributed by atoms with Gasteiger partial charge in [0.2, 0.25) is 0 Å². The molecule has 1 fully saturated rings. The summed E-state index contributed by atoms with van der Waals surface area (Å²) in [5, 5.41) is 0.805. The van der Waals surface area contributed by atoms with E-state index in [0.717, 1.165) is 17.4 Å². The SMILES string of the molecule is CC(C)(C)C1CCC(C(Cc2cccc(Cl)c2)NN)CC1. The summed E-state index contributed by atoms with van der Waals surface area (Å²) in [4.78, 5) is 0. The Labute approximate surface area is 134 Å². The van der Waals surface area contributed by atoms with Crippen molar-refractivity contribution in [3.05, 3.63) is 34.9 Å². The van der Waals surface area contributed by atoms with Crippen LogP contribution in [0.2, 0.25) is 5.02 Å². The normalized spacial score (nSPS) is 24.8. The van der Waals surface area contributed by atoms with Crippen molar-refractivity contribution in [2.24, 2.45) is 23.1 Å². The second kappa shape index (κ2) is 7.13. The fourth-order valence-corrected chi connectivity index (χ4v) is 3.88. The maximum Gasteiger partial charge on any atom is 0.0408 e. The second-order valence-corrected chi connectivity index (χ2v) is 8.02. The van der Waals surface area contributed by atoms with E-state index in [1.54, 1.807) is 0 Å². The van der Waals surface area contributed by atoms with Crippen LogP contribution in [0.4, 0.5) is 0 Å². The molecule has 0 saturated heterocycles. The van der Waals surface area contributed by atoms with Crippen molar-refractivity contribution in [2.45, 2.75) is 58.9 Å². The van der Waals surface area contributed by atoms with Gasteiger partial charge in [0.15, 0.2) is 0 Å². The first-order valence-corrected chi connectivity index (χ1v) is 8.48. The number of hydrogen-bond donors (Lipinski definition) is 2. The van der Waals surface area contributed by atoms with E-state index in [1.165, 1.54) is 31.2 Å². The van der Waals surface area contributed by atoms with E-state index in [9.17, 15) is 0 Å². The highest BCUT2D eigenvalue weighted by atomic mass is 35.5. The number of nitrogens with one attached hydrogen (secondary N) is 1. The molecule has 2 nitrogen and oxygen atoms in total. The molecule has 1 saturated carbocycles. The van der Waals surface area contributed by atoms with Gasteiger partial charge >= 0.3 is 0 Å². The van der Waals surface area contributed by atoms with Crippen molar-refractivity contribution in [2.75, 3.05) is 0 Å². The maximum absolute atomic E-state index is 6.07. The van der Waals surface area contributed by atoms with Gasteiger partial charge in [-0.2, -0.15) is 0 Å². The highest BCUT2D eigenvalue weighted by molar-refractivity contribution is 6.30. The molecular formula is C18H29ClN2. The zero-order valence-electron chi connectivity index (χ0n) is 13.5. The average molecular weight is 309 g/mol. The van der Waals surface area contributed by atoms with Crippen molar-refractivity contribution < 1.29 is 0 Å². The van der Waals surface area contributed by atoms with Crippen molar-refractivity contribution in [3.8, 4) is 0 Å². The average Bonchev–Trinajstić information content (AvgIpc) is 2.44. The number of rotatable bonds is 4. The lowest BCUT2D eigenvalue weighted by molar-refractivity contribution is 0.132. The van der Waals surface area contributed by atoms with Gasteiger partial charge in [-0.3, -0.25) is 11.3 Å². The molecular weight excluding hydrogens is 280 g/mol. The lowest BCUT2D eigenvalue weighted by Gasteiger charge is -2.39. The fraction of sp³-hybridized carbons (Fsp3) is 0.667. The molecule has 1 aliphatic rings. The van der Waals surface area contributed by atoms with Crippen LogP contribution in [0, 0.1) is 17.3 Å². The predicted molar refractivity (Wildman–Crippen MR) is 91.2 cm³/mol. The molecule has 0 aliphatic heterocycles. The van der Waals surface area contributed by atoms with Crippen LogP contribution in [0.1, 0.15) is 52.0 Å². The van der Waals surface area contributed by atoms with E-state index in [4.69, 9.17) is 17.4 Å². The molecule has 0 spiro atoms. The Hall–Kier alpha value is -0.570. The molecule has 0 radical (unpaired) electrons. The molecule has 3 heteroatoms. The van der Waals surface area contributed by atoms with Crippen LogP contribution in [0.15, 0.2) is 24.3 Å². The Morgan fingerprint density at radius 1 is 1.24 bits per heavy atom. The van der Waals surface area contributed by atoms with Gasteiger partial charge in [0.1, 0.15) is 0 Å². The second-order valence-electron chi connectivity index (χ2n) is 7.58. The van der Waals surface area contributed by atoms with E-state index in [1.807, 2.05) is 18.2 Å². The first-order chi connectivity index (χ1) is 9.90. The molecule has 1 aromatic carbocycles. The van der Waals surface area contributed by atoms with E-state index in [2.05, 4.69) is 32.3 Å². The summed E-state index contributed by atoms with van der Waals surface area (Å²) >= 11 is 6.07. The molecule has 1 unspecified atom stereocenters. The minimum Gasteiger partial charge on any atom is -0.271 e. The number of halogens is 1. The number of hydrazine groups is 1. The van der Waals surface area contributed by atoms with Gasteiger partial charge in [-0.05, 0) is 67.1 Å². The molecule has 21 heavy (non-hydrogen) atoms. The van der Waals surface area contributed by atoms with Crippen LogP contribution < -0.4 is 11.3 Å². The Kier molecular flexibility index (Phi) is 5.70. The summed E-state index contributed by atoms with van der Waals surface area (Å²) in [6.45, 7) is 7.09. The molecule has 3 N–H and O–H groups in total. The third kappa shape index (κ3) is 4.70. The number of benzene rings is 1. The molecule has 2 rings (SSSR count). The highest BCUT2D eigenvalue weighted by Gasteiger charge is 2.32. The van der Waals surface area contributed by atoms with E-state index < -0.39 is 0 Å². The standard InChI is InChI=1S/C18H29ClN2/c1-18(2,3)15-9-7-14(8-10-15)17(21-20)12-13-5-4-6-16(19)11-13/h4-6,11,14-15,17,21H,7-10,12,20H2,1-3H3. The van der Waals surface area contributed by atoms with E-state index in [0.29, 0.717) is 17.4 Å². The lowest BCUT2D eigenvalue weighted by Crippen LogP contribution is -2.44. The number of nitrogens with two attached hydrogens (primary N) is 1. The largest absolute Gasteiger partial charge is 0.271 e.